The van der Waals surface area contributed by atoms with Crippen molar-refractivity contribution in [1.82, 2.24) is 0 Å². The van der Waals surface area contributed by atoms with E-state index >= 15 is 0 Å². The van der Waals surface area contributed by atoms with Crippen molar-refractivity contribution in [1.29, 1.82) is 0 Å². The van der Waals surface area contributed by atoms with Gasteiger partial charge in [0.1, 0.15) is 0 Å². The SMILES string of the molecule is C=CC1(CCCC#CCC(CC(=C)Br)(C(=O)OC)C(=O)OC)OCCO1. The maximum Gasteiger partial charge on any atom is 0.324 e. The molecule has 0 aromatic rings. The molecule has 0 amide bonds. The Hall–Kier alpha value is -1.62. The van der Waals surface area contributed by atoms with Crippen molar-refractivity contribution in [3.63, 3.8) is 0 Å². The molecule has 0 atom stereocenters. The number of carbonyl (C=O) groups is 2. The first-order valence-corrected chi connectivity index (χ1v) is 9.02. The van der Waals surface area contributed by atoms with Crippen molar-refractivity contribution in [2.24, 2.45) is 5.41 Å². The van der Waals surface area contributed by atoms with Gasteiger partial charge in [-0.05, 0) is 17.0 Å². The molecule has 0 aromatic heterocycles. The van der Waals surface area contributed by atoms with Gasteiger partial charge in [0, 0.05) is 25.7 Å². The van der Waals surface area contributed by atoms with Gasteiger partial charge in [0.15, 0.2) is 11.2 Å². The van der Waals surface area contributed by atoms with E-state index in [1.54, 1.807) is 6.08 Å². The molecule has 1 saturated heterocycles. The lowest BCUT2D eigenvalue weighted by atomic mass is 9.81. The van der Waals surface area contributed by atoms with Gasteiger partial charge >= 0.3 is 11.9 Å². The number of halogens is 1. The maximum absolute atomic E-state index is 12.2. The van der Waals surface area contributed by atoms with Crippen LogP contribution in [-0.2, 0) is 28.5 Å². The number of methoxy groups -OCH3 is 2. The second-order valence-corrected chi connectivity index (χ2v) is 6.98. The Bertz CT molecular complexity index is 579. The second kappa shape index (κ2) is 10.5. The van der Waals surface area contributed by atoms with E-state index in [2.05, 4.69) is 40.9 Å². The van der Waals surface area contributed by atoms with E-state index in [0.717, 1.165) is 6.42 Å². The van der Waals surface area contributed by atoms with Gasteiger partial charge < -0.3 is 18.9 Å². The molecule has 1 fully saturated rings. The summed E-state index contributed by atoms with van der Waals surface area (Å²) in [5.74, 6) is 3.76. The highest BCUT2D eigenvalue weighted by molar-refractivity contribution is 9.11. The van der Waals surface area contributed by atoms with Crippen LogP contribution in [-0.4, -0.2) is 45.2 Å². The quantitative estimate of drug-likeness (QED) is 0.184. The number of allylic oxidation sites excluding steroid dienone is 1. The zero-order valence-electron chi connectivity index (χ0n) is 15.3. The molecule has 1 aliphatic heterocycles. The molecule has 0 radical (unpaired) electrons. The largest absolute Gasteiger partial charge is 0.468 e. The summed E-state index contributed by atoms with van der Waals surface area (Å²) in [6.45, 7) is 8.55. The minimum absolute atomic E-state index is 0.0173. The molecule has 0 aliphatic carbocycles. The van der Waals surface area contributed by atoms with E-state index in [9.17, 15) is 9.59 Å². The summed E-state index contributed by atoms with van der Waals surface area (Å²) >= 11 is 3.20. The van der Waals surface area contributed by atoms with Crippen molar-refractivity contribution in [2.75, 3.05) is 27.4 Å². The van der Waals surface area contributed by atoms with Crippen LogP contribution in [0.3, 0.4) is 0 Å². The highest BCUT2D eigenvalue weighted by atomic mass is 79.9. The first-order valence-electron chi connectivity index (χ1n) is 8.23. The number of esters is 2. The Labute approximate surface area is 163 Å². The molecular formula is C19H25BrO6. The minimum Gasteiger partial charge on any atom is -0.468 e. The highest BCUT2D eigenvalue weighted by Crippen LogP contribution is 2.35. The second-order valence-electron chi connectivity index (χ2n) is 5.86. The van der Waals surface area contributed by atoms with Gasteiger partial charge in [0.05, 0.1) is 27.4 Å². The average Bonchev–Trinajstić information content (AvgIpc) is 3.11. The van der Waals surface area contributed by atoms with E-state index in [4.69, 9.17) is 18.9 Å². The van der Waals surface area contributed by atoms with Crippen molar-refractivity contribution in [3.8, 4) is 11.8 Å². The third kappa shape index (κ3) is 5.70. The summed E-state index contributed by atoms with van der Waals surface area (Å²) in [4.78, 5) is 24.5. The van der Waals surface area contributed by atoms with E-state index in [1.165, 1.54) is 14.2 Å². The van der Waals surface area contributed by atoms with Crippen molar-refractivity contribution >= 4 is 27.9 Å². The molecule has 0 unspecified atom stereocenters. The van der Waals surface area contributed by atoms with Gasteiger partial charge in [-0.2, -0.15) is 0 Å². The monoisotopic (exact) mass is 428 g/mol. The van der Waals surface area contributed by atoms with Crippen LogP contribution in [0.15, 0.2) is 23.7 Å². The molecule has 7 heteroatoms. The van der Waals surface area contributed by atoms with Crippen LogP contribution < -0.4 is 0 Å². The zero-order valence-corrected chi connectivity index (χ0v) is 16.9. The number of ether oxygens (including phenoxy) is 4. The normalized spacial score (nSPS) is 15.5. The van der Waals surface area contributed by atoms with Crippen LogP contribution in [0.25, 0.3) is 0 Å². The fraction of sp³-hybridized carbons (Fsp3) is 0.579. The lowest BCUT2D eigenvalue weighted by Gasteiger charge is -2.25. The summed E-state index contributed by atoms with van der Waals surface area (Å²) in [5, 5.41) is 0. The first kappa shape index (κ1) is 22.4. The Morgan fingerprint density at radius 3 is 2.27 bits per heavy atom. The summed E-state index contributed by atoms with van der Waals surface area (Å²) in [6.07, 6.45) is 3.62. The summed E-state index contributed by atoms with van der Waals surface area (Å²) < 4.78 is 21.2. The van der Waals surface area contributed by atoms with Crippen molar-refractivity contribution < 1.29 is 28.5 Å². The summed E-state index contributed by atoms with van der Waals surface area (Å²) in [5.41, 5.74) is -1.53. The molecule has 0 saturated carbocycles. The van der Waals surface area contributed by atoms with Crippen LogP contribution in [0.1, 0.15) is 32.1 Å². The third-order valence-electron chi connectivity index (χ3n) is 4.08. The van der Waals surface area contributed by atoms with E-state index in [0.29, 0.717) is 30.5 Å². The molecular weight excluding hydrogens is 404 g/mol. The van der Waals surface area contributed by atoms with Gasteiger partial charge in [-0.15, -0.1) is 11.8 Å². The minimum atomic E-state index is -1.53. The Morgan fingerprint density at radius 1 is 1.23 bits per heavy atom. The predicted molar refractivity (Wildman–Crippen MR) is 100 cm³/mol. The summed E-state index contributed by atoms with van der Waals surface area (Å²) in [6, 6.07) is 0. The number of unbranched alkanes of at least 4 members (excludes halogenated alkanes) is 1. The van der Waals surface area contributed by atoms with Gasteiger partial charge in [-0.25, -0.2) is 0 Å². The first-order chi connectivity index (χ1) is 12.4. The lowest BCUT2D eigenvalue weighted by Crippen LogP contribution is -2.41. The molecule has 0 bridgehead atoms. The molecule has 1 heterocycles. The fourth-order valence-corrected chi connectivity index (χ4v) is 3.19. The molecule has 144 valence electrons. The molecule has 0 aromatic carbocycles. The molecule has 26 heavy (non-hydrogen) atoms. The molecule has 0 N–H and O–H groups in total. The number of hydrogen-bond acceptors (Lipinski definition) is 6. The van der Waals surface area contributed by atoms with Crippen LogP contribution in [0.2, 0.25) is 0 Å². The average molecular weight is 429 g/mol. The smallest absolute Gasteiger partial charge is 0.324 e. The van der Waals surface area contributed by atoms with Crippen LogP contribution in [0.5, 0.6) is 0 Å². The predicted octanol–water partition coefficient (Wildman–Crippen LogP) is 3.11. The van der Waals surface area contributed by atoms with Crippen molar-refractivity contribution in [3.05, 3.63) is 23.7 Å². The lowest BCUT2D eigenvalue weighted by molar-refractivity contribution is -0.168. The molecule has 1 aliphatic rings. The van der Waals surface area contributed by atoms with Crippen LogP contribution in [0.4, 0.5) is 0 Å². The third-order valence-corrected chi connectivity index (χ3v) is 4.36. The van der Waals surface area contributed by atoms with Crippen LogP contribution >= 0.6 is 15.9 Å². The van der Waals surface area contributed by atoms with Gasteiger partial charge in [0.25, 0.3) is 0 Å². The fourth-order valence-electron chi connectivity index (χ4n) is 2.71. The molecule has 0 spiro atoms. The molecule has 1 rings (SSSR count). The van der Waals surface area contributed by atoms with Gasteiger partial charge in [-0.1, -0.05) is 29.1 Å². The van der Waals surface area contributed by atoms with Crippen molar-refractivity contribution in [2.45, 2.75) is 37.9 Å². The Kier molecular flexibility index (Phi) is 9.06. The van der Waals surface area contributed by atoms with E-state index in [1.807, 2.05) is 0 Å². The van der Waals surface area contributed by atoms with Gasteiger partial charge in [-0.3, -0.25) is 9.59 Å². The molecule has 6 nitrogen and oxygen atoms in total. The Balaban J connectivity index is 2.73. The van der Waals surface area contributed by atoms with Gasteiger partial charge in [0.2, 0.25) is 0 Å². The topological polar surface area (TPSA) is 71.1 Å². The number of hydrogen-bond donors (Lipinski definition) is 0. The standard InChI is InChI=1S/C19H25BrO6/c1-5-19(25-12-13-26-19)11-9-7-6-8-10-18(14-15(2)20,16(21)23-3)17(22)24-4/h5H,1-2,7,9-14H2,3-4H3. The number of carbonyl (C=O) groups excluding carboxylic acids is 2. The van der Waals surface area contributed by atoms with E-state index in [-0.39, 0.29) is 12.8 Å². The highest BCUT2D eigenvalue weighted by Gasteiger charge is 2.48. The summed E-state index contributed by atoms with van der Waals surface area (Å²) in [7, 11) is 2.45. The number of rotatable bonds is 9. The maximum atomic E-state index is 12.2. The zero-order chi connectivity index (χ0) is 19.6. The van der Waals surface area contributed by atoms with E-state index < -0.39 is 23.1 Å². The van der Waals surface area contributed by atoms with Crippen LogP contribution in [0, 0.1) is 17.3 Å². The Morgan fingerprint density at radius 2 is 1.81 bits per heavy atom.